The Morgan fingerprint density at radius 3 is 2.75 bits per heavy atom. The fraction of sp³-hybridized carbons (Fsp3) is 0.400. The summed E-state index contributed by atoms with van der Waals surface area (Å²) in [5.41, 5.74) is 2.67. The van der Waals surface area contributed by atoms with Crippen molar-refractivity contribution in [2.45, 2.75) is 32.2 Å². The van der Waals surface area contributed by atoms with E-state index in [1.54, 1.807) is 12.7 Å². The normalized spacial score (nSPS) is 18.8. The van der Waals surface area contributed by atoms with E-state index in [0.29, 0.717) is 11.6 Å². The van der Waals surface area contributed by atoms with Crippen LogP contribution >= 0.6 is 0 Å². The van der Waals surface area contributed by atoms with Crippen LogP contribution in [0.1, 0.15) is 31.7 Å². The Bertz CT molecular complexity index is 626. The molecule has 3 rings (SSSR count). The van der Waals surface area contributed by atoms with E-state index in [1.165, 1.54) is 19.3 Å². The minimum Gasteiger partial charge on any atom is -0.368 e. The molecule has 2 heterocycles. The summed E-state index contributed by atoms with van der Waals surface area (Å²) in [4.78, 5) is 2.35. The number of nitrogens with zero attached hydrogens (tertiary/aromatic N) is 5. The lowest BCUT2D eigenvalue weighted by atomic mass is 10.0. The summed E-state index contributed by atoms with van der Waals surface area (Å²) in [5, 5.41) is 17.0. The zero-order chi connectivity index (χ0) is 13.9. The van der Waals surface area contributed by atoms with E-state index in [9.17, 15) is 5.26 Å². The molecule has 5 heteroatoms. The lowest BCUT2D eigenvalue weighted by Gasteiger charge is -2.36. The second-order valence-electron chi connectivity index (χ2n) is 5.22. The molecule has 2 aromatic rings. The molecule has 0 amide bonds. The predicted molar refractivity (Wildman–Crippen MR) is 76.7 cm³/mol. The lowest BCUT2D eigenvalue weighted by molar-refractivity contribution is 0.484. The Morgan fingerprint density at radius 1 is 1.25 bits per heavy atom. The van der Waals surface area contributed by atoms with Crippen LogP contribution in [0.2, 0.25) is 0 Å². The Labute approximate surface area is 118 Å². The first-order valence-electron chi connectivity index (χ1n) is 6.95. The van der Waals surface area contributed by atoms with Gasteiger partial charge in [0.25, 0.3) is 0 Å². The molecule has 1 saturated heterocycles. The van der Waals surface area contributed by atoms with E-state index in [1.807, 2.05) is 22.8 Å². The standard InChI is InChI=1S/C15H17N5/c1-12-4-2-3-7-20(12)15-6-5-14(8-13(15)9-16)19-10-17-18-11-19/h5-6,8,10-12H,2-4,7H2,1H3. The maximum Gasteiger partial charge on any atom is 0.123 e. The highest BCUT2D eigenvalue weighted by molar-refractivity contribution is 5.63. The third-order valence-corrected chi connectivity index (χ3v) is 3.93. The highest BCUT2D eigenvalue weighted by atomic mass is 15.2. The topological polar surface area (TPSA) is 57.7 Å². The van der Waals surface area contributed by atoms with E-state index in [4.69, 9.17) is 0 Å². The first-order valence-corrected chi connectivity index (χ1v) is 6.95. The largest absolute Gasteiger partial charge is 0.368 e. The molecule has 1 atom stereocenters. The van der Waals surface area contributed by atoms with Gasteiger partial charge < -0.3 is 4.90 Å². The van der Waals surface area contributed by atoms with E-state index in [-0.39, 0.29) is 0 Å². The van der Waals surface area contributed by atoms with Crippen LogP contribution in [0.5, 0.6) is 0 Å². The summed E-state index contributed by atoms with van der Waals surface area (Å²) >= 11 is 0. The Balaban J connectivity index is 1.98. The van der Waals surface area contributed by atoms with Crippen molar-refractivity contribution < 1.29 is 0 Å². The van der Waals surface area contributed by atoms with Gasteiger partial charge in [-0.3, -0.25) is 4.57 Å². The zero-order valence-corrected chi connectivity index (χ0v) is 11.5. The molecule has 5 nitrogen and oxygen atoms in total. The molecule has 102 valence electrons. The second-order valence-corrected chi connectivity index (χ2v) is 5.22. The minimum absolute atomic E-state index is 0.497. The van der Waals surface area contributed by atoms with Crippen LogP contribution in [0.4, 0.5) is 5.69 Å². The highest BCUT2D eigenvalue weighted by Crippen LogP contribution is 2.29. The van der Waals surface area contributed by atoms with Crippen molar-refractivity contribution in [3.8, 4) is 11.8 Å². The van der Waals surface area contributed by atoms with Crippen LogP contribution in [0.15, 0.2) is 30.9 Å². The molecule has 0 radical (unpaired) electrons. The van der Waals surface area contributed by atoms with Crippen molar-refractivity contribution >= 4 is 5.69 Å². The first kappa shape index (κ1) is 12.7. The van der Waals surface area contributed by atoms with Crippen molar-refractivity contribution in [3.63, 3.8) is 0 Å². The molecule has 0 bridgehead atoms. The SMILES string of the molecule is CC1CCCCN1c1ccc(-n2cnnc2)cc1C#N. The molecule has 0 saturated carbocycles. The summed E-state index contributed by atoms with van der Waals surface area (Å²) in [6, 6.07) is 8.77. The monoisotopic (exact) mass is 267 g/mol. The molecule has 1 unspecified atom stereocenters. The second kappa shape index (κ2) is 5.33. The molecule has 1 aromatic heterocycles. The summed E-state index contributed by atoms with van der Waals surface area (Å²) in [6.45, 7) is 3.26. The van der Waals surface area contributed by atoms with Crippen LogP contribution in [-0.4, -0.2) is 27.4 Å². The molecule has 0 spiro atoms. The number of rotatable bonds is 2. The van der Waals surface area contributed by atoms with E-state index in [2.05, 4.69) is 28.1 Å². The number of hydrogen-bond acceptors (Lipinski definition) is 4. The highest BCUT2D eigenvalue weighted by Gasteiger charge is 2.21. The van der Waals surface area contributed by atoms with Crippen LogP contribution < -0.4 is 4.90 Å². The number of anilines is 1. The van der Waals surface area contributed by atoms with Crippen LogP contribution in [0, 0.1) is 11.3 Å². The summed E-state index contributed by atoms with van der Waals surface area (Å²) in [5.74, 6) is 0. The predicted octanol–water partition coefficient (Wildman–Crippen LogP) is 2.52. The molecule has 0 N–H and O–H groups in total. The maximum atomic E-state index is 9.44. The Kier molecular flexibility index (Phi) is 3.38. The number of nitriles is 1. The quantitative estimate of drug-likeness (QED) is 0.839. The Hall–Kier alpha value is -2.35. The van der Waals surface area contributed by atoms with Crippen molar-refractivity contribution in [2.24, 2.45) is 0 Å². The average Bonchev–Trinajstić information content (AvgIpc) is 3.01. The lowest BCUT2D eigenvalue weighted by Crippen LogP contribution is -2.37. The van der Waals surface area contributed by atoms with E-state index in [0.717, 1.165) is 17.9 Å². The summed E-state index contributed by atoms with van der Waals surface area (Å²) in [6.07, 6.45) is 6.94. The number of piperidine rings is 1. The maximum absolute atomic E-state index is 9.44. The first-order chi connectivity index (χ1) is 9.79. The van der Waals surface area contributed by atoms with E-state index >= 15 is 0 Å². The molecule has 0 aliphatic carbocycles. The van der Waals surface area contributed by atoms with Gasteiger partial charge in [0.2, 0.25) is 0 Å². The van der Waals surface area contributed by atoms with Gasteiger partial charge in [0, 0.05) is 18.3 Å². The van der Waals surface area contributed by atoms with Gasteiger partial charge in [-0.25, -0.2) is 0 Å². The molecular formula is C15H17N5. The van der Waals surface area contributed by atoms with Crippen LogP contribution in [-0.2, 0) is 0 Å². The fourth-order valence-corrected chi connectivity index (χ4v) is 2.81. The smallest absolute Gasteiger partial charge is 0.123 e. The van der Waals surface area contributed by atoms with Gasteiger partial charge in [-0.05, 0) is 44.4 Å². The van der Waals surface area contributed by atoms with E-state index < -0.39 is 0 Å². The van der Waals surface area contributed by atoms with Crippen molar-refractivity contribution in [1.82, 2.24) is 14.8 Å². The van der Waals surface area contributed by atoms with Crippen molar-refractivity contribution in [3.05, 3.63) is 36.4 Å². The summed E-state index contributed by atoms with van der Waals surface area (Å²) < 4.78 is 1.81. The molecule has 1 fully saturated rings. The zero-order valence-electron chi connectivity index (χ0n) is 11.5. The number of hydrogen-bond donors (Lipinski definition) is 0. The molecule has 1 aliphatic heterocycles. The van der Waals surface area contributed by atoms with Gasteiger partial charge in [-0.1, -0.05) is 0 Å². The minimum atomic E-state index is 0.497. The molecular weight excluding hydrogens is 250 g/mol. The van der Waals surface area contributed by atoms with Crippen molar-refractivity contribution in [1.29, 1.82) is 5.26 Å². The molecule has 20 heavy (non-hydrogen) atoms. The third kappa shape index (κ3) is 2.25. The van der Waals surface area contributed by atoms with Gasteiger partial charge in [0.1, 0.15) is 18.7 Å². The number of benzene rings is 1. The average molecular weight is 267 g/mol. The van der Waals surface area contributed by atoms with Crippen LogP contribution in [0.3, 0.4) is 0 Å². The van der Waals surface area contributed by atoms with Crippen molar-refractivity contribution in [2.75, 3.05) is 11.4 Å². The molecule has 1 aliphatic rings. The third-order valence-electron chi connectivity index (χ3n) is 3.93. The van der Waals surface area contributed by atoms with Crippen LogP contribution in [0.25, 0.3) is 5.69 Å². The van der Waals surface area contributed by atoms with Gasteiger partial charge in [-0.2, -0.15) is 5.26 Å². The summed E-state index contributed by atoms with van der Waals surface area (Å²) in [7, 11) is 0. The fourth-order valence-electron chi connectivity index (χ4n) is 2.81. The van der Waals surface area contributed by atoms with Gasteiger partial charge >= 0.3 is 0 Å². The van der Waals surface area contributed by atoms with Gasteiger partial charge in [0.15, 0.2) is 0 Å². The van der Waals surface area contributed by atoms with Gasteiger partial charge in [-0.15, -0.1) is 10.2 Å². The van der Waals surface area contributed by atoms with Gasteiger partial charge in [0.05, 0.1) is 11.3 Å². The Morgan fingerprint density at radius 2 is 2.05 bits per heavy atom. The number of aromatic nitrogens is 3. The molecule has 1 aromatic carbocycles.